The lowest BCUT2D eigenvalue weighted by atomic mass is 9.83. The molecule has 0 amide bonds. The van der Waals surface area contributed by atoms with Crippen LogP contribution < -0.4 is 0 Å². The smallest absolute Gasteiger partial charge is 0.131 e. The van der Waals surface area contributed by atoms with Crippen LogP contribution in [-0.2, 0) is 0 Å². The van der Waals surface area contributed by atoms with Gasteiger partial charge in [0.2, 0.25) is 0 Å². The van der Waals surface area contributed by atoms with Crippen LogP contribution in [-0.4, -0.2) is 0 Å². The molecule has 0 nitrogen and oxygen atoms in total. The van der Waals surface area contributed by atoms with E-state index in [-0.39, 0.29) is 11.6 Å². The van der Waals surface area contributed by atoms with Gasteiger partial charge in [0, 0.05) is 5.56 Å². The highest BCUT2D eigenvalue weighted by atomic mass is 19.1. The van der Waals surface area contributed by atoms with Crippen LogP contribution >= 0.6 is 0 Å². The van der Waals surface area contributed by atoms with E-state index in [2.05, 4.69) is 0 Å². The Morgan fingerprint density at radius 2 is 1.50 bits per heavy atom. The van der Waals surface area contributed by atoms with Crippen molar-refractivity contribution < 1.29 is 8.78 Å². The molecule has 0 radical (unpaired) electrons. The third-order valence-corrected chi connectivity index (χ3v) is 4.22. The molecule has 1 aliphatic carbocycles. The molecule has 0 aromatic heterocycles. The van der Waals surface area contributed by atoms with E-state index >= 15 is 0 Å². The second-order valence-electron chi connectivity index (χ2n) is 5.58. The van der Waals surface area contributed by atoms with Crippen molar-refractivity contribution >= 4 is 0 Å². The molecule has 1 saturated carbocycles. The maximum Gasteiger partial charge on any atom is 0.131 e. The van der Waals surface area contributed by atoms with Gasteiger partial charge in [0.1, 0.15) is 11.6 Å². The molecule has 0 aliphatic heterocycles. The first-order chi connectivity index (χ1) is 9.74. The van der Waals surface area contributed by atoms with Gasteiger partial charge in [-0.15, -0.1) is 0 Å². The molecule has 2 aromatic rings. The Hall–Kier alpha value is -1.70. The van der Waals surface area contributed by atoms with E-state index in [0.717, 1.165) is 24.0 Å². The fraction of sp³-hybridized carbons (Fsp3) is 0.333. The predicted octanol–water partition coefficient (Wildman–Crippen LogP) is 5.68. The molecule has 1 fully saturated rings. The molecule has 2 heteroatoms. The average Bonchev–Trinajstić information content (AvgIpc) is 2.49. The summed E-state index contributed by atoms with van der Waals surface area (Å²) in [5.41, 5.74) is 2.37. The molecule has 20 heavy (non-hydrogen) atoms. The molecule has 0 saturated heterocycles. The highest BCUT2D eigenvalue weighted by molar-refractivity contribution is 5.64. The zero-order valence-electron chi connectivity index (χ0n) is 11.4. The molecule has 0 heterocycles. The van der Waals surface area contributed by atoms with Gasteiger partial charge in [0.15, 0.2) is 0 Å². The summed E-state index contributed by atoms with van der Waals surface area (Å²) in [4.78, 5) is 0. The van der Waals surface area contributed by atoms with Crippen molar-refractivity contribution in [3.05, 3.63) is 59.7 Å². The van der Waals surface area contributed by atoms with E-state index in [1.165, 1.54) is 31.4 Å². The molecule has 0 bridgehead atoms. The minimum atomic E-state index is -0.298. The number of hydrogen-bond donors (Lipinski definition) is 0. The van der Waals surface area contributed by atoms with Gasteiger partial charge in [-0.2, -0.15) is 0 Å². The molecule has 104 valence electrons. The fourth-order valence-corrected chi connectivity index (χ4v) is 3.08. The normalized spacial score (nSPS) is 16.3. The number of halogens is 2. The Kier molecular flexibility index (Phi) is 3.81. The summed E-state index contributed by atoms with van der Waals surface area (Å²) in [5, 5.41) is 0. The molecule has 0 spiro atoms. The molecule has 0 atom stereocenters. The predicted molar refractivity (Wildman–Crippen MR) is 77.6 cm³/mol. The second kappa shape index (κ2) is 5.74. The molecule has 2 aromatic carbocycles. The summed E-state index contributed by atoms with van der Waals surface area (Å²) in [6, 6.07) is 11.5. The Balaban J connectivity index is 1.88. The minimum absolute atomic E-state index is 0.209. The first-order valence-electron chi connectivity index (χ1n) is 7.29. The SMILES string of the molecule is Fc1ccc(-c2ccc(C3CCCCC3)cc2F)cc1. The van der Waals surface area contributed by atoms with Crippen LogP contribution in [0.4, 0.5) is 8.78 Å². The van der Waals surface area contributed by atoms with Crippen molar-refractivity contribution in [3.8, 4) is 11.1 Å². The van der Waals surface area contributed by atoms with Gasteiger partial charge in [-0.25, -0.2) is 8.78 Å². The topological polar surface area (TPSA) is 0 Å². The van der Waals surface area contributed by atoms with Gasteiger partial charge in [-0.1, -0.05) is 43.5 Å². The van der Waals surface area contributed by atoms with Crippen molar-refractivity contribution in [3.63, 3.8) is 0 Å². The Bertz CT molecular complexity index is 581. The van der Waals surface area contributed by atoms with Crippen molar-refractivity contribution in [2.75, 3.05) is 0 Å². The maximum absolute atomic E-state index is 14.3. The molecule has 0 unspecified atom stereocenters. The summed E-state index contributed by atoms with van der Waals surface area (Å²) in [7, 11) is 0. The molecule has 3 rings (SSSR count). The van der Waals surface area contributed by atoms with Crippen LogP contribution in [0.5, 0.6) is 0 Å². The van der Waals surface area contributed by atoms with Crippen LogP contribution in [0.3, 0.4) is 0 Å². The zero-order chi connectivity index (χ0) is 13.9. The van der Waals surface area contributed by atoms with Crippen LogP contribution in [0.25, 0.3) is 11.1 Å². The van der Waals surface area contributed by atoms with E-state index in [9.17, 15) is 8.78 Å². The molecule has 0 N–H and O–H groups in total. The first kappa shape index (κ1) is 13.3. The van der Waals surface area contributed by atoms with Gasteiger partial charge < -0.3 is 0 Å². The van der Waals surface area contributed by atoms with Crippen molar-refractivity contribution in [1.82, 2.24) is 0 Å². The average molecular weight is 272 g/mol. The van der Waals surface area contributed by atoms with E-state index in [1.807, 2.05) is 12.1 Å². The van der Waals surface area contributed by atoms with E-state index in [1.54, 1.807) is 18.2 Å². The number of rotatable bonds is 2. The van der Waals surface area contributed by atoms with Crippen molar-refractivity contribution in [2.24, 2.45) is 0 Å². The Morgan fingerprint density at radius 1 is 0.800 bits per heavy atom. The first-order valence-corrected chi connectivity index (χ1v) is 7.29. The van der Waals surface area contributed by atoms with Gasteiger partial charge in [-0.05, 0) is 48.1 Å². The summed E-state index contributed by atoms with van der Waals surface area (Å²) in [5.74, 6) is -0.00631. The van der Waals surface area contributed by atoms with Gasteiger partial charge >= 0.3 is 0 Å². The highest BCUT2D eigenvalue weighted by Crippen LogP contribution is 2.34. The summed E-state index contributed by atoms with van der Waals surface area (Å²) >= 11 is 0. The van der Waals surface area contributed by atoms with Crippen molar-refractivity contribution in [1.29, 1.82) is 0 Å². The van der Waals surface area contributed by atoms with E-state index < -0.39 is 0 Å². The van der Waals surface area contributed by atoms with Gasteiger partial charge in [0.25, 0.3) is 0 Å². The fourth-order valence-electron chi connectivity index (χ4n) is 3.08. The molecule has 1 aliphatic rings. The largest absolute Gasteiger partial charge is 0.207 e. The zero-order valence-corrected chi connectivity index (χ0v) is 11.4. The lowest BCUT2D eigenvalue weighted by Gasteiger charge is -2.22. The lowest BCUT2D eigenvalue weighted by molar-refractivity contribution is 0.442. The number of benzene rings is 2. The third-order valence-electron chi connectivity index (χ3n) is 4.22. The standard InChI is InChI=1S/C18H18F2/c19-16-9-6-14(7-10-16)17-11-8-15(12-18(17)20)13-4-2-1-3-5-13/h6-13H,1-5H2. The highest BCUT2D eigenvalue weighted by Gasteiger charge is 2.17. The van der Waals surface area contributed by atoms with Gasteiger partial charge in [0.05, 0.1) is 0 Å². The van der Waals surface area contributed by atoms with Gasteiger partial charge in [-0.3, -0.25) is 0 Å². The number of hydrogen-bond acceptors (Lipinski definition) is 0. The second-order valence-corrected chi connectivity index (χ2v) is 5.58. The third kappa shape index (κ3) is 2.74. The van der Waals surface area contributed by atoms with E-state index in [4.69, 9.17) is 0 Å². The van der Waals surface area contributed by atoms with Crippen LogP contribution in [0.15, 0.2) is 42.5 Å². The van der Waals surface area contributed by atoms with Crippen LogP contribution in [0, 0.1) is 11.6 Å². The molecular weight excluding hydrogens is 254 g/mol. The molecular formula is C18H18F2. The van der Waals surface area contributed by atoms with Crippen LogP contribution in [0.2, 0.25) is 0 Å². The minimum Gasteiger partial charge on any atom is -0.207 e. The van der Waals surface area contributed by atoms with E-state index in [0.29, 0.717) is 11.5 Å². The monoisotopic (exact) mass is 272 g/mol. The summed E-state index contributed by atoms with van der Waals surface area (Å²) in [6.07, 6.45) is 6.11. The summed E-state index contributed by atoms with van der Waals surface area (Å²) in [6.45, 7) is 0. The Labute approximate surface area is 118 Å². The van der Waals surface area contributed by atoms with Crippen LogP contribution in [0.1, 0.15) is 43.6 Å². The summed E-state index contributed by atoms with van der Waals surface area (Å²) < 4.78 is 27.2. The Morgan fingerprint density at radius 3 is 2.15 bits per heavy atom. The maximum atomic E-state index is 14.3. The van der Waals surface area contributed by atoms with Crippen molar-refractivity contribution in [2.45, 2.75) is 38.0 Å². The lowest BCUT2D eigenvalue weighted by Crippen LogP contribution is -2.05. The quantitative estimate of drug-likeness (QED) is 0.659.